The van der Waals surface area contributed by atoms with Gasteiger partial charge in [-0.15, -0.1) is 0 Å². The molecular formula is C18H28N2O. The van der Waals surface area contributed by atoms with Crippen LogP contribution in [0.1, 0.15) is 55.5 Å². The molecule has 0 bridgehead atoms. The molecule has 0 unspecified atom stereocenters. The normalized spacial score (nSPS) is 18.4. The Labute approximate surface area is 128 Å². The number of carbonyl (C=O) groups excluding carboxylic acids is 1. The Morgan fingerprint density at radius 2 is 1.76 bits per heavy atom. The second-order valence-electron chi connectivity index (χ2n) is 7.01. The van der Waals surface area contributed by atoms with E-state index in [-0.39, 0.29) is 5.91 Å². The summed E-state index contributed by atoms with van der Waals surface area (Å²) in [5.41, 5.74) is 2.42. The first-order valence-electron chi connectivity index (χ1n) is 8.04. The molecule has 3 heteroatoms. The van der Waals surface area contributed by atoms with Gasteiger partial charge in [-0.05, 0) is 50.2 Å². The number of rotatable bonds is 5. The molecule has 2 rings (SSSR count). The Morgan fingerprint density at radius 3 is 2.38 bits per heavy atom. The van der Waals surface area contributed by atoms with Gasteiger partial charge in [-0.25, -0.2) is 0 Å². The number of hydrogen-bond acceptors (Lipinski definition) is 2. The molecule has 0 heterocycles. The van der Waals surface area contributed by atoms with Crippen molar-refractivity contribution in [1.29, 1.82) is 0 Å². The quantitative estimate of drug-likeness (QED) is 0.816. The van der Waals surface area contributed by atoms with Crippen LogP contribution in [0.25, 0.3) is 0 Å². The van der Waals surface area contributed by atoms with Gasteiger partial charge in [-0.2, -0.15) is 0 Å². The molecule has 1 aliphatic rings. The third kappa shape index (κ3) is 5.16. The van der Waals surface area contributed by atoms with Gasteiger partial charge < -0.3 is 10.6 Å². The van der Waals surface area contributed by atoms with Crippen molar-refractivity contribution < 1.29 is 4.79 Å². The molecule has 0 aromatic heterocycles. The molecule has 0 saturated heterocycles. The molecule has 0 aliphatic heterocycles. The molecule has 1 saturated carbocycles. The van der Waals surface area contributed by atoms with Crippen LogP contribution in [-0.2, 0) is 0 Å². The SMILES string of the molecule is Cc1ccc(C(=O)NCCNC2CCC(C)(C)CC2)cc1. The zero-order chi connectivity index (χ0) is 15.3. The van der Waals surface area contributed by atoms with E-state index in [4.69, 9.17) is 0 Å². The minimum atomic E-state index is 0.0153. The van der Waals surface area contributed by atoms with Crippen molar-refractivity contribution in [2.75, 3.05) is 13.1 Å². The summed E-state index contributed by atoms with van der Waals surface area (Å²) < 4.78 is 0. The van der Waals surface area contributed by atoms with Gasteiger partial charge >= 0.3 is 0 Å². The summed E-state index contributed by atoms with van der Waals surface area (Å²) in [5.74, 6) is 0.0153. The molecule has 1 amide bonds. The van der Waals surface area contributed by atoms with E-state index in [1.807, 2.05) is 31.2 Å². The second-order valence-corrected chi connectivity index (χ2v) is 7.01. The summed E-state index contributed by atoms with van der Waals surface area (Å²) >= 11 is 0. The van der Waals surface area contributed by atoms with Gasteiger partial charge in [-0.3, -0.25) is 4.79 Å². The molecule has 116 valence electrons. The van der Waals surface area contributed by atoms with Gasteiger partial charge in [0.15, 0.2) is 0 Å². The summed E-state index contributed by atoms with van der Waals surface area (Å²) in [7, 11) is 0. The standard InChI is InChI=1S/C18H28N2O/c1-14-4-6-15(7-5-14)17(21)20-13-12-19-16-8-10-18(2,3)11-9-16/h4-7,16,19H,8-13H2,1-3H3,(H,20,21). The van der Waals surface area contributed by atoms with E-state index in [1.165, 1.54) is 31.2 Å². The van der Waals surface area contributed by atoms with Crippen LogP contribution in [0.2, 0.25) is 0 Å². The largest absolute Gasteiger partial charge is 0.351 e. The third-order valence-corrected chi connectivity index (χ3v) is 4.50. The van der Waals surface area contributed by atoms with E-state index in [2.05, 4.69) is 24.5 Å². The summed E-state index contributed by atoms with van der Waals surface area (Å²) in [5, 5.41) is 6.53. The van der Waals surface area contributed by atoms with Gasteiger partial charge in [0.25, 0.3) is 5.91 Å². The van der Waals surface area contributed by atoms with E-state index in [0.717, 1.165) is 12.1 Å². The van der Waals surface area contributed by atoms with Crippen LogP contribution in [0.5, 0.6) is 0 Å². The highest BCUT2D eigenvalue weighted by molar-refractivity contribution is 5.94. The Hall–Kier alpha value is -1.35. The Balaban J connectivity index is 1.64. The van der Waals surface area contributed by atoms with Crippen LogP contribution in [0.15, 0.2) is 24.3 Å². The van der Waals surface area contributed by atoms with Crippen molar-refractivity contribution in [3.8, 4) is 0 Å². The lowest BCUT2D eigenvalue weighted by Gasteiger charge is -2.34. The second kappa shape index (κ2) is 7.08. The van der Waals surface area contributed by atoms with Gasteiger partial charge in [0.1, 0.15) is 0 Å². The lowest BCUT2D eigenvalue weighted by atomic mass is 9.75. The smallest absolute Gasteiger partial charge is 0.251 e. The Kier molecular flexibility index (Phi) is 5.40. The maximum Gasteiger partial charge on any atom is 0.251 e. The lowest BCUT2D eigenvalue weighted by Crippen LogP contribution is -2.40. The number of nitrogens with one attached hydrogen (secondary N) is 2. The molecule has 1 aromatic carbocycles. The van der Waals surface area contributed by atoms with Crippen LogP contribution in [-0.4, -0.2) is 25.0 Å². The van der Waals surface area contributed by atoms with E-state index in [0.29, 0.717) is 18.0 Å². The number of carbonyl (C=O) groups is 1. The van der Waals surface area contributed by atoms with Crippen molar-refractivity contribution in [2.24, 2.45) is 5.41 Å². The molecule has 21 heavy (non-hydrogen) atoms. The zero-order valence-electron chi connectivity index (χ0n) is 13.5. The number of hydrogen-bond donors (Lipinski definition) is 2. The summed E-state index contributed by atoms with van der Waals surface area (Å²) in [6, 6.07) is 8.31. The van der Waals surface area contributed by atoms with E-state index in [1.54, 1.807) is 0 Å². The molecule has 3 nitrogen and oxygen atoms in total. The highest BCUT2D eigenvalue weighted by atomic mass is 16.1. The van der Waals surface area contributed by atoms with Gasteiger partial charge in [0, 0.05) is 24.7 Å². The third-order valence-electron chi connectivity index (χ3n) is 4.50. The fourth-order valence-electron chi connectivity index (χ4n) is 2.86. The van der Waals surface area contributed by atoms with Crippen molar-refractivity contribution in [3.63, 3.8) is 0 Å². The van der Waals surface area contributed by atoms with Crippen LogP contribution in [0, 0.1) is 12.3 Å². The molecule has 1 fully saturated rings. The van der Waals surface area contributed by atoms with Gasteiger partial charge in [0.2, 0.25) is 0 Å². The van der Waals surface area contributed by atoms with Crippen LogP contribution in [0.4, 0.5) is 0 Å². The molecule has 0 spiro atoms. The highest BCUT2D eigenvalue weighted by Crippen LogP contribution is 2.34. The monoisotopic (exact) mass is 288 g/mol. The first-order chi connectivity index (χ1) is 9.96. The number of amides is 1. The van der Waals surface area contributed by atoms with Crippen LogP contribution >= 0.6 is 0 Å². The average Bonchev–Trinajstić information content (AvgIpc) is 2.45. The maximum absolute atomic E-state index is 12.0. The fourth-order valence-corrected chi connectivity index (χ4v) is 2.86. The molecule has 0 atom stereocenters. The Morgan fingerprint density at radius 1 is 1.14 bits per heavy atom. The topological polar surface area (TPSA) is 41.1 Å². The predicted molar refractivity (Wildman–Crippen MR) is 87.6 cm³/mol. The minimum absolute atomic E-state index is 0.0153. The lowest BCUT2D eigenvalue weighted by molar-refractivity contribution is 0.0953. The zero-order valence-corrected chi connectivity index (χ0v) is 13.5. The number of aryl methyl sites for hydroxylation is 1. The molecular weight excluding hydrogens is 260 g/mol. The van der Waals surface area contributed by atoms with Crippen molar-refractivity contribution >= 4 is 5.91 Å². The fraction of sp³-hybridized carbons (Fsp3) is 0.611. The molecule has 0 radical (unpaired) electrons. The van der Waals surface area contributed by atoms with Crippen LogP contribution < -0.4 is 10.6 Å². The first kappa shape index (κ1) is 16.0. The molecule has 2 N–H and O–H groups in total. The van der Waals surface area contributed by atoms with Crippen molar-refractivity contribution in [3.05, 3.63) is 35.4 Å². The maximum atomic E-state index is 12.0. The predicted octanol–water partition coefficient (Wildman–Crippen LogP) is 3.28. The Bertz CT molecular complexity index is 455. The summed E-state index contributed by atoms with van der Waals surface area (Å²) in [6.07, 6.45) is 5.08. The van der Waals surface area contributed by atoms with E-state index >= 15 is 0 Å². The molecule has 1 aromatic rings. The summed E-state index contributed by atoms with van der Waals surface area (Å²) in [4.78, 5) is 12.0. The average molecular weight is 288 g/mol. The first-order valence-corrected chi connectivity index (χ1v) is 8.04. The summed E-state index contributed by atoms with van der Waals surface area (Å²) in [6.45, 7) is 8.27. The van der Waals surface area contributed by atoms with Gasteiger partial charge in [-0.1, -0.05) is 31.5 Å². The van der Waals surface area contributed by atoms with Gasteiger partial charge in [0.05, 0.1) is 0 Å². The highest BCUT2D eigenvalue weighted by Gasteiger charge is 2.26. The number of benzene rings is 1. The molecule has 1 aliphatic carbocycles. The van der Waals surface area contributed by atoms with Crippen LogP contribution in [0.3, 0.4) is 0 Å². The minimum Gasteiger partial charge on any atom is -0.351 e. The van der Waals surface area contributed by atoms with Crippen molar-refractivity contribution in [1.82, 2.24) is 10.6 Å². The van der Waals surface area contributed by atoms with E-state index in [9.17, 15) is 4.79 Å². The van der Waals surface area contributed by atoms with Crippen molar-refractivity contribution in [2.45, 2.75) is 52.5 Å². The van der Waals surface area contributed by atoms with E-state index < -0.39 is 0 Å².